The van der Waals surface area contributed by atoms with Crippen LogP contribution in [0, 0.1) is 5.41 Å². The second-order valence-electron chi connectivity index (χ2n) is 10.3. The quantitative estimate of drug-likeness (QED) is 0.430. The Labute approximate surface area is 225 Å². The van der Waals surface area contributed by atoms with Crippen LogP contribution in [0.4, 0.5) is 5.82 Å². The lowest BCUT2D eigenvalue weighted by atomic mass is 9.77. The van der Waals surface area contributed by atoms with Gasteiger partial charge in [-0.15, -0.1) is 0 Å². The van der Waals surface area contributed by atoms with E-state index in [1.165, 1.54) is 17.3 Å². The third kappa shape index (κ3) is 5.14. The van der Waals surface area contributed by atoms with Crippen LogP contribution in [0.2, 0.25) is 5.02 Å². The zero-order valence-corrected chi connectivity index (χ0v) is 22.4. The SMILES string of the molecule is C[C@H]1CC2(CCN(c3cnc(Sc4ccc5ncn(CC6=CCOCC6)c(=O)c5c4Cl)cn3)CC2)CO1. The summed E-state index contributed by atoms with van der Waals surface area (Å²) in [6.45, 7) is 6.74. The van der Waals surface area contributed by atoms with Crippen molar-refractivity contribution in [1.29, 1.82) is 0 Å². The first-order valence-electron chi connectivity index (χ1n) is 12.8. The van der Waals surface area contributed by atoms with Gasteiger partial charge in [0.15, 0.2) is 0 Å². The highest BCUT2D eigenvalue weighted by molar-refractivity contribution is 7.99. The zero-order chi connectivity index (χ0) is 25.4. The van der Waals surface area contributed by atoms with Gasteiger partial charge in [-0.05, 0) is 55.7 Å². The third-order valence-corrected chi connectivity index (χ3v) is 9.18. The molecule has 0 N–H and O–H groups in total. The summed E-state index contributed by atoms with van der Waals surface area (Å²) < 4.78 is 12.8. The minimum absolute atomic E-state index is 0.142. The topological polar surface area (TPSA) is 82.4 Å². The molecule has 2 fully saturated rings. The highest BCUT2D eigenvalue weighted by Crippen LogP contribution is 2.42. The summed E-state index contributed by atoms with van der Waals surface area (Å²) in [5.41, 5.74) is 1.95. The summed E-state index contributed by atoms with van der Waals surface area (Å²) in [5, 5.41) is 1.56. The number of benzene rings is 1. The number of hydrogen-bond donors (Lipinski definition) is 0. The predicted octanol–water partition coefficient (Wildman–Crippen LogP) is 4.73. The Balaban J connectivity index is 1.17. The van der Waals surface area contributed by atoms with E-state index in [1.54, 1.807) is 17.1 Å². The molecule has 2 saturated heterocycles. The summed E-state index contributed by atoms with van der Waals surface area (Å²) in [6, 6.07) is 3.72. The van der Waals surface area contributed by atoms with Gasteiger partial charge in [-0.3, -0.25) is 9.36 Å². The van der Waals surface area contributed by atoms with Crippen molar-refractivity contribution in [2.45, 2.75) is 55.2 Å². The third-order valence-electron chi connectivity index (χ3n) is 7.70. The molecule has 10 heteroatoms. The number of hydrogen-bond acceptors (Lipinski definition) is 8. The van der Waals surface area contributed by atoms with Crippen LogP contribution in [-0.4, -0.2) is 58.5 Å². The van der Waals surface area contributed by atoms with Crippen LogP contribution >= 0.6 is 23.4 Å². The van der Waals surface area contributed by atoms with Crippen molar-refractivity contribution in [1.82, 2.24) is 19.5 Å². The standard InChI is InChI=1S/C27H30ClN5O3S/c1-18-12-27(16-36-18)6-8-32(9-7-27)22-13-30-23(14-29-22)37-21-3-2-20-24(25(21)28)26(34)33(17-31-20)15-19-4-10-35-11-5-19/h2-4,13-14,17-18H,5-12,15-16H2,1H3/t18-/m0/s1. The molecule has 37 heavy (non-hydrogen) atoms. The van der Waals surface area contributed by atoms with Gasteiger partial charge in [-0.2, -0.15) is 0 Å². The Bertz CT molecular complexity index is 1390. The van der Waals surface area contributed by atoms with E-state index in [2.05, 4.69) is 21.8 Å². The summed E-state index contributed by atoms with van der Waals surface area (Å²) in [5.74, 6) is 0.894. The molecule has 3 aliphatic heterocycles. The Morgan fingerprint density at radius 3 is 2.76 bits per heavy atom. The average molecular weight is 540 g/mol. The molecule has 1 aromatic carbocycles. The molecular weight excluding hydrogens is 510 g/mol. The van der Waals surface area contributed by atoms with Gasteiger partial charge >= 0.3 is 0 Å². The van der Waals surface area contributed by atoms with Gasteiger partial charge in [-0.1, -0.05) is 29.4 Å². The average Bonchev–Trinajstić information content (AvgIpc) is 3.28. The fourth-order valence-electron chi connectivity index (χ4n) is 5.55. The number of rotatable bonds is 5. The molecule has 0 saturated carbocycles. The fraction of sp³-hybridized carbons (Fsp3) is 0.481. The summed E-state index contributed by atoms with van der Waals surface area (Å²) in [7, 11) is 0. The second-order valence-corrected chi connectivity index (χ2v) is 11.7. The van der Waals surface area contributed by atoms with E-state index in [0.29, 0.717) is 47.2 Å². The number of anilines is 1. The molecule has 6 rings (SSSR count). The van der Waals surface area contributed by atoms with Crippen molar-refractivity contribution in [3.8, 4) is 0 Å². The van der Waals surface area contributed by atoms with Crippen molar-refractivity contribution < 1.29 is 9.47 Å². The van der Waals surface area contributed by atoms with Crippen molar-refractivity contribution in [3.05, 3.63) is 57.9 Å². The maximum atomic E-state index is 13.3. The van der Waals surface area contributed by atoms with Gasteiger partial charge in [0.2, 0.25) is 0 Å². The smallest absolute Gasteiger partial charge is 0.263 e. The van der Waals surface area contributed by atoms with Gasteiger partial charge in [0.1, 0.15) is 10.8 Å². The molecule has 3 aliphatic rings. The van der Waals surface area contributed by atoms with Crippen LogP contribution in [0.5, 0.6) is 0 Å². The van der Waals surface area contributed by atoms with Gasteiger partial charge in [0, 0.05) is 24.5 Å². The largest absolute Gasteiger partial charge is 0.378 e. The molecule has 2 aromatic heterocycles. The number of nitrogens with zero attached hydrogens (tertiary/aromatic N) is 5. The molecule has 8 nitrogen and oxygen atoms in total. The summed E-state index contributed by atoms with van der Waals surface area (Å²) in [4.78, 5) is 30.2. The number of halogens is 1. The minimum Gasteiger partial charge on any atom is -0.378 e. The molecule has 1 atom stereocenters. The van der Waals surface area contributed by atoms with E-state index in [4.69, 9.17) is 26.1 Å². The molecule has 194 valence electrons. The Morgan fingerprint density at radius 2 is 2.05 bits per heavy atom. The lowest BCUT2D eigenvalue weighted by molar-refractivity contribution is 0.0976. The molecule has 3 aromatic rings. The highest BCUT2D eigenvalue weighted by atomic mass is 35.5. The number of fused-ring (bicyclic) bond motifs is 1. The number of piperidine rings is 1. The molecule has 0 aliphatic carbocycles. The van der Waals surface area contributed by atoms with E-state index >= 15 is 0 Å². The van der Waals surface area contributed by atoms with Crippen molar-refractivity contribution >= 4 is 40.1 Å². The summed E-state index contributed by atoms with van der Waals surface area (Å²) in [6.07, 6.45) is 11.8. The molecule has 0 bridgehead atoms. The molecular formula is C27H30ClN5O3S. The maximum absolute atomic E-state index is 13.3. The van der Waals surface area contributed by atoms with E-state index in [1.807, 2.05) is 24.4 Å². The van der Waals surface area contributed by atoms with Crippen LogP contribution in [0.15, 0.2) is 57.2 Å². The Hall–Kier alpha value is -2.46. The van der Waals surface area contributed by atoms with Crippen LogP contribution in [0.1, 0.15) is 32.6 Å². The predicted molar refractivity (Wildman–Crippen MR) is 145 cm³/mol. The van der Waals surface area contributed by atoms with Crippen LogP contribution in [0.25, 0.3) is 10.9 Å². The van der Waals surface area contributed by atoms with E-state index in [-0.39, 0.29) is 5.56 Å². The van der Waals surface area contributed by atoms with Gasteiger partial charge in [-0.25, -0.2) is 15.0 Å². The molecule has 1 spiro atoms. The van der Waals surface area contributed by atoms with Crippen molar-refractivity contribution in [2.75, 3.05) is 37.8 Å². The van der Waals surface area contributed by atoms with Crippen molar-refractivity contribution in [3.63, 3.8) is 0 Å². The van der Waals surface area contributed by atoms with Crippen LogP contribution < -0.4 is 10.5 Å². The van der Waals surface area contributed by atoms with E-state index in [9.17, 15) is 4.79 Å². The molecule has 0 unspecified atom stereocenters. The number of ether oxygens (including phenoxy) is 2. The fourth-order valence-corrected chi connectivity index (χ4v) is 6.67. The van der Waals surface area contributed by atoms with Gasteiger partial charge < -0.3 is 14.4 Å². The monoisotopic (exact) mass is 539 g/mol. The lowest BCUT2D eigenvalue weighted by Crippen LogP contribution is -2.41. The van der Waals surface area contributed by atoms with Crippen LogP contribution in [-0.2, 0) is 16.0 Å². The number of aromatic nitrogens is 4. The zero-order valence-electron chi connectivity index (χ0n) is 20.9. The van der Waals surface area contributed by atoms with E-state index in [0.717, 1.165) is 61.1 Å². The minimum atomic E-state index is -0.142. The summed E-state index contributed by atoms with van der Waals surface area (Å²) >= 11 is 8.16. The molecule has 5 heterocycles. The normalized spacial score (nSPS) is 21.5. The molecule has 0 radical (unpaired) electrons. The van der Waals surface area contributed by atoms with E-state index < -0.39 is 0 Å². The highest BCUT2D eigenvalue weighted by Gasteiger charge is 2.41. The Morgan fingerprint density at radius 1 is 1.19 bits per heavy atom. The van der Waals surface area contributed by atoms with Crippen molar-refractivity contribution in [2.24, 2.45) is 5.41 Å². The lowest BCUT2D eigenvalue weighted by Gasteiger charge is -2.38. The van der Waals surface area contributed by atoms with Gasteiger partial charge in [0.05, 0.1) is 60.6 Å². The Kier molecular flexibility index (Phi) is 6.96. The first kappa shape index (κ1) is 24.9. The van der Waals surface area contributed by atoms with Crippen LogP contribution in [0.3, 0.4) is 0 Å². The first-order valence-corrected chi connectivity index (χ1v) is 14.0. The maximum Gasteiger partial charge on any atom is 0.263 e. The molecule has 0 amide bonds. The second kappa shape index (κ2) is 10.4. The first-order chi connectivity index (χ1) is 18.0. The van der Waals surface area contributed by atoms with Gasteiger partial charge in [0.25, 0.3) is 5.56 Å².